The van der Waals surface area contributed by atoms with Crippen LogP contribution in [-0.4, -0.2) is 26.2 Å². The van der Waals surface area contributed by atoms with Gasteiger partial charge >= 0.3 is 0 Å². The third-order valence-corrected chi connectivity index (χ3v) is 3.06. The van der Waals surface area contributed by atoms with Crippen LogP contribution in [0.4, 0.5) is 8.78 Å². The first-order chi connectivity index (χ1) is 11.2. The van der Waals surface area contributed by atoms with Crippen LogP contribution >= 0.6 is 24.0 Å². The van der Waals surface area contributed by atoms with Crippen LogP contribution in [0.5, 0.6) is 5.75 Å². The zero-order valence-corrected chi connectivity index (χ0v) is 15.6. The number of nitrogens with one attached hydrogen (secondary N) is 2. The normalized spacial score (nSPS) is 10.7. The number of rotatable bonds is 6. The van der Waals surface area contributed by atoms with Gasteiger partial charge in [-0.3, -0.25) is 4.99 Å². The molecule has 0 spiro atoms. The molecule has 0 amide bonds. The van der Waals surface area contributed by atoms with E-state index in [9.17, 15) is 8.78 Å². The Labute approximate surface area is 157 Å². The first-order valence-corrected chi connectivity index (χ1v) is 7.24. The highest BCUT2D eigenvalue weighted by Gasteiger charge is 2.00. The van der Waals surface area contributed by atoms with E-state index in [4.69, 9.17) is 4.74 Å². The highest BCUT2D eigenvalue weighted by molar-refractivity contribution is 14.0. The lowest BCUT2D eigenvalue weighted by atomic mass is 10.2. The van der Waals surface area contributed by atoms with Gasteiger partial charge in [0, 0.05) is 19.7 Å². The Balaban J connectivity index is 0.00000288. The number of aliphatic imine (C=N–C) groups is 1. The largest absolute Gasteiger partial charge is 0.492 e. The molecule has 24 heavy (non-hydrogen) atoms. The van der Waals surface area contributed by atoms with Crippen molar-refractivity contribution in [3.63, 3.8) is 0 Å². The highest BCUT2D eigenvalue weighted by atomic mass is 127. The summed E-state index contributed by atoms with van der Waals surface area (Å²) in [5.41, 5.74) is 0.949. The summed E-state index contributed by atoms with van der Waals surface area (Å²) in [7, 11) is 1.66. The van der Waals surface area contributed by atoms with Crippen LogP contribution in [0.25, 0.3) is 0 Å². The van der Waals surface area contributed by atoms with E-state index in [-0.39, 0.29) is 35.6 Å². The summed E-state index contributed by atoms with van der Waals surface area (Å²) in [4.78, 5) is 4.08. The van der Waals surface area contributed by atoms with Gasteiger partial charge in [-0.2, -0.15) is 0 Å². The topological polar surface area (TPSA) is 45.7 Å². The molecule has 0 aromatic heterocycles. The lowest BCUT2D eigenvalue weighted by molar-refractivity contribution is 0.320. The van der Waals surface area contributed by atoms with Gasteiger partial charge in [0.25, 0.3) is 0 Å². The predicted octanol–water partition coefficient (Wildman–Crippen LogP) is 3.33. The Kier molecular flexibility index (Phi) is 9.06. The van der Waals surface area contributed by atoms with E-state index in [1.54, 1.807) is 31.3 Å². The van der Waals surface area contributed by atoms with Gasteiger partial charge in [-0.25, -0.2) is 8.78 Å². The molecule has 0 heterocycles. The number of nitrogens with zero attached hydrogens (tertiary/aromatic N) is 1. The second-order valence-electron chi connectivity index (χ2n) is 4.78. The molecule has 2 rings (SSSR count). The van der Waals surface area contributed by atoms with Crippen molar-refractivity contribution in [2.75, 3.05) is 20.2 Å². The predicted molar refractivity (Wildman–Crippen MR) is 102 cm³/mol. The maximum Gasteiger partial charge on any atom is 0.191 e. The molecule has 0 aliphatic carbocycles. The zero-order chi connectivity index (χ0) is 16.5. The summed E-state index contributed by atoms with van der Waals surface area (Å²) in [5.74, 6) is 0.510. The third kappa shape index (κ3) is 7.12. The standard InChI is InChI=1S/C17H19F2N3O.HI/c1-20-17(22-12-13-5-7-14(18)8-6-13)21-9-10-23-16-4-2-3-15(19)11-16;/h2-8,11H,9-10,12H2,1H3,(H2,20,21,22);1H. The van der Waals surface area contributed by atoms with E-state index in [1.807, 2.05) is 0 Å². The van der Waals surface area contributed by atoms with Crippen molar-refractivity contribution >= 4 is 29.9 Å². The minimum absolute atomic E-state index is 0. The van der Waals surface area contributed by atoms with Gasteiger partial charge in [0.15, 0.2) is 5.96 Å². The molecule has 0 bridgehead atoms. The van der Waals surface area contributed by atoms with E-state index < -0.39 is 0 Å². The molecule has 0 radical (unpaired) electrons. The minimum atomic E-state index is -0.327. The summed E-state index contributed by atoms with van der Waals surface area (Å²) in [5, 5.41) is 6.20. The Morgan fingerprint density at radius 2 is 1.79 bits per heavy atom. The van der Waals surface area contributed by atoms with Crippen molar-refractivity contribution in [1.82, 2.24) is 10.6 Å². The van der Waals surface area contributed by atoms with Crippen molar-refractivity contribution < 1.29 is 13.5 Å². The molecule has 0 unspecified atom stereocenters. The molecule has 0 atom stereocenters. The quantitative estimate of drug-likeness (QED) is 0.309. The number of benzene rings is 2. The third-order valence-electron chi connectivity index (χ3n) is 3.06. The fourth-order valence-electron chi connectivity index (χ4n) is 1.90. The average molecular weight is 447 g/mol. The molecular weight excluding hydrogens is 427 g/mol. The maximum absolute atomic E-state index is 13.0. The summed E-state index contributed by atoms with van der Waals surface area (Å²) in [6.45, 7) is 1.42. The average Bonchev–Trinajstić information content (AvgIpc) is 2.56. The van der Waals surface area contributed by atoms with Crippen molar-refractivity contribution in [3.8, 4) is 5.75 Å². The molecule has 0 aliphatic rings. The number of hydrogen-bond donors (Lipinski definition) is 2. The van der Waals surface area contributed by atoms with Gasteiger partial charge in [-0.15, -0.1) is 24.0 Å². The van der Waals surface area contributed by atoms with Gasteiger partial charge in [-0.1, -0.05) is 18.2 Å². The number of hydrogen-bond acceptors (Lipinski definition) is 2. The maximum atomic E-state index is 13.0. The van der Waals surface area contributed by atoms with E-state index >= 15 is 0 Å². The summed E-state index contributed by atoms with van der Waals surface area (Å²) < 4.78 is 31.3. The van der Waals surface area contributed by atoms with E-state index in [0.717, 1.165) is 5.56 Å². The first-order valence-electron chi connectivity index (χ1n) is 7.24. The Bertz CT molecular complexity index is 651. The van der Waals surface area contributed by atoms with Crippen LogP contribution in [0.15, 0.2) is 53.5 Å². The van der Waals surface area contributed by atoms with Crippen LogP contribution in [0.2, 0.25) is 0 Å². The van der Waals surface area contributed by atoms with Gasteiger partial charge in [-0.05, 0) is 29.8 Å². The SMILES string of the molecule is CN=C(NCCOc1cccc(F)c1)NCc1ccc(F)cc1.I. The smallest absolute Gasteiger partial charge is 0.191 e. The van der Waals surface area contributed by atoms with Crippen LogP contribution in [0.1, 0.15) is 5.56 Å². The molecule has 4 nitrogen and oxygen atoms in total. The van der Waals surface area contributed by atoms with Gasteiger partial charge in [0.05, 0.1) is 6.54 Å². The highest BCUT2D eigenvalue weighted by Crippen LogP contribution is 2.11. The molecule has 0 fully saturated rings. The Morgan fingerprint density at radius 1 is 1.04 bits per heavy atom. The van der Waals surface area contributed by atoms with Gasteiger partial charge < -0.3 is 15.4 Å². The van der Waals surface area contributed by atoms with Crippen LogP contribution in [-0.2, 0) is 6.54 Å². The molecule has 2 N–H and O–H groups in total. The van der Waals surface area contributed by atoms with E-state index in [0.29, 0.717) is 31.4 Å². The monoisotopic (exact) mass is 447 g/mol. The lowest BCUT2D eigenvalue weighted by Gasteiger charge is -2.12. The Hall–Kier alpha value is -1.90. The number of ether oxygens (including phenoxy) is 1. The van der Waals surface area contributed by atoms with Crippen molar-refractivity contribution in [2.24, 2.45) is 4.99 Å². The second kappa shape index (κ2) is 10.8. The van der Waals surface area contributed by atoms with Crippen molar-refractivity contribution in [2.45, 2.75) is 6.54 Å². The summed E-state index contributed by atoms with van der Waals surface area (Å²) >= 11 is 0. The fourth-order valence-corrected chi connectivity index (χ4v) is 1.90. The van der Waals surface area contributed by atoms with Gasteiger partial charge in [0.1, 0.15) is 24.0 Å². The molecule has 0 aliphatic heterocycles. The summed E-state index contributed by atoms with van der Waals surface area (Å²) in [6.07, 6.45) is 0. The Morgan fingerprint density at radius 3 is 2.46 bits per heavy atom. The first kappa shape index (κ1) is 20.1. The number of guanidine groups is 1. The van der Waals surface area contributed by atoms with Gasteiger partial charge in [0.2, 0.25) is 0 Å². The van der Waals surface area contributed by atoms with Crippen molar-refractivity contribution in [1.29, 1.82) is 0 Å². The van der Waals surface area contributed by atoms with Crippen LogP contribution in [0.3, 0.4) is 0 Å². The second-order valence-corrected chi connectivity index (χ2v) is 4.78. The number of halogens is 3. The molecule has 130 valence electrons. The molecule has 0 saturated heterocycles. The molecule has 0 saturated carbocycles. The van der Waals surface area contributed by atoms with Crippen molar-refractivity contribution in [3.05, 3.63) is 65.7 Å². The van der Waals surface area contributed by atoms with E-state index in [1.165, 1.54) is 24.3 Å². The summed E-state index contributed by atoms with van der Waals surface area (Å²) in [6, 6.07) is 12.3. The zero-order valence-electron chi connectivity index (χ0n) is 13.3. The minimum Gasteiger partial charge on any atom is -0.492 e. The van der Waals surface area contributed by atoms with Crippen LogP contribution in [0, 0.1) is 11.6 Å². The molecule has 2 aromatic carbocycles. The van der Waals surface area contributed by atoms with Crippen LogP contribution < -0.4 is 15.4 Å². The van der Waals surface area contributed by atoms with E-state index in [2.05, 4.69) is 15.6 Å². The molecule has 2 aromatic rings. The molecule has 7 heteroatoms. The molecular formula is C17H20F2IN3O. The fraction of sp³-hybridized carbons (Fsp3) is 0.235. The lowest BCUT2D eigenvalue weighted by Crippen LogP contribution is -2.38.